The monoisotopic (exact) mass is 384 g/mol. The molecular weight excluding hydrogens is 360 g/mol. The fourth-order valence-electron chi connectivity index (χ4n) is 2.78. The maximum absolute atomic E-state index is 5.81. The summed E-state index contributed by atoms with van der Waals surface area (Å²) in [5.41, 5.74) is 3.25. The molecule has 3 aromatic rings. The number of H-pyrrole nitrogens is 1. The Kier molecular flexibility index (Phi) is 7.04. The number of benzene rings is 1. The van der Waals surface area contributed by atoms with Crippen LogP contribution >= 0.6 is 11.6 Å². The fourth-order valence-corrected chi connectivity index (χ4v) is 2.89. The summed E-state index contributed by atoms with van der Waals surface area (Å²) in [4.78, 5) is 16.7. The number of para-hydroxylation sites is 2. The number of rotatable bonds is 8. The van der Waals surface area contributed by atoms with Crippen LogP contribution in [0, 0.1) is 0 Å². The predicted molar refractivity (Wildman–Crippen MR) is 111 cm³/mol. The molecule has 0 saturated heterocycles. The Morgan fingerprint density at radius 2 is 2.04 bits per heavy atom. The molecule has 0 bridgehead atoms. The Morgan fingerprint density at radius 3 is 2.81 bits per heavy atom. The first-order chi connectivity index (χ1) is 13.2. The molecule has 1 aromatic carbocycles. The smallest absolute Gasteiger partial charge is 0.191 e. The lowest BCUT2D eigenvalue weighted by molar-refractivity contribution is 0.763. The van der Waals surface area contributed by atoms with Crippen molar-refractivity contribution < 1.29 is 0 Å². The molecule has 0 unspecified atom stereocenters. The van der Waals surface area contributed by atoms with Gasteiger partial charge >= 0.3 is 0 Å². The zero-order chi connectivity index (χ0) is 18.9. The first-order valence-corrected chi connectivity index (χ1v) is 9.68. The van der Waals surface area contributed by atoms with E-state index in [0.29, 0.717) is 5.15 Å². The van der Waals surface area contributed by atoms with Crippen molar-refractivity contribution in [2.75, 3.05) is 19.6 Å². The second-order valence-electron chi connectivity index (χ2n) is 6.23. The van der Waals surface area contributed by atoms with E-state index in [1.165, 1.54) is 0 Å². The third-order valence-corrected chi connectivity index (χ3v) is 4.34. The van der Waals surface area contributed by atoms with Crippen LogP contribution in [0.3, 0.4) is 0 Å². The second kappa shape index (κ2) is 9.92. The van der Waals surface area contributed by atoms with Gasteiger partial charge < -0.3 is 15.6 Å². The van der Waals surface area contributed by atoms with Gasteiger partial charge in [0.25, 0.3) is 0 Å². The van der Waals surface area contributed by atoms with Gasteiger partial charge in [-0.15, -0.1) is 0 Å². The summed E-state index contributed by atoms with van der Waals surface area (Å²) in [6, 6.07) is 11.9. The topological polar surface area (TPSA) is 78.0 Å². The molecule has 2 heterocycles. The second-order valence-corrected chi connectivity index (χ2v) is 6.62. The first kappa shape index (κ1) is 19.2. The van der Waals surface area contributed by atoms with E-state index in [0.717, 1.165) is 67.3 Å². The molecule has 3 N–H and O–H groups in total. The number of imidazole rings is 1. The minimum absolute atomic E-state index is 0.520. The number of guanidine groups is 1. The molecule has 0 radical (unpaired) electrons. The molecule has 0 fully saturated rings. The molecule has 27 heavy (non-hydrogen) atoms. The molecule has 0 atom stereocenters. The van der Waals surface area contributed by atoms with Gasteiger partial charge in [-0.2, -0.15) is 0 Å². The van der Waals surface area contributed by atoms with Crippen molar-refractivity contribution in [3.05, 3.63) is 59.1 Å². The molecule has 0 aliphatic heterocycles. The Balaban J connectivity index is 1.44. The van der Waals surface area contributed by atoms with E-state index in [9.17, 15) is 0 Å². The SMILES string of the molecule is CCNC(=NCCCc1nc2ccccc2[nH]1)NCCc1ccc(Cl)nc1. The summed E-state index contributed by atoms with van der Waals surface area (Å²) in [6.45, 7) is 4.43. The summed E-state index contributed by atoms with van der Waals surface area (Å²) < 4.78 is 0. The zero-order valence-corrected chi connectivity index (χ0v) is 16.3. The molecule has 0 amide bonds. The average molecular weight is 385 g/mol. The van der Waals surface area contributed by atoms with E-state index in [1.807, 2.05) is 36.4 Å². The predicted octanol–water partition coefficient (Wildman–Crippen LogP) is 3.34. The molecule has 6 nitrogen and oxygen atoms in total. The number of nitrogens with one attached hydrogen (secondary N) is 3. The minimum atomic E-state index is 0.520. The number of aliphatic imine (C=N–C) groups is 1. The maximum atomic E-state index is 5.81. The molecule has 7 heteroatoms. The lowest BCUT2D eigenvalue weighted by Crippen LogP contribution is -2.38. The summed E-state index contributed by atoms with van der Waals surface area (Å²) in [5.74, 6) is 1.85. The third kappa shape index (κ3) is 5.96. The zero-order valence-electron chi connectivity index (χ0n) is 15.5. The van der Waals surface area contributed by atoms with Gasteiger partial charge in [-0.25, -0.2) is 9.97 Å². The van der Waals surface area contributed by atoms with Crippen LogP contribution in [0.1, 0.15) is 24.7 Å². The number of fused-ring (bicyclic) bond motifs is 1. The number of nitrogens with zero attached hydrogens (tertiary/aromatic N) is 3. The van der Waals surface area contributed by atoms with Crippen LogP contribution in [-0.2, 0) is 12.8 Å². The quantitative estimate of drug-likeness (QED) is 0.241. The highest BCUT2D eigenvalue weighted by Crippen LogP contribution is 2.11. The molecule has 2 aromatic heterocycles. The van der Waals surface area contributed by atoms with E-state index in [1.54, 1.807) is 6.20 Å². The van der Waals surface area contributed by atoms with Gasteiger partial charge in [0.1, 0.15) is 11.0 Å². The standard InChI is InChI=1S/C20H25ClN6/c1-2-22-20(24-13-11-15-9-10-18(21)25-14-15)23-12-5-8-19-26-16-6-3-4-7-17(16)27-19/h3-4,6-7,9-10,14H,2,5,8,11-13H2,1H3,(H,26,27)(H2,22,23,24). The highest BCUT2D eigenvalue weighted by Gasteiger charge is 2.02. The van der Waals surface area contributed by atoms with Gasteiger partial charge in [0.15, 0.2) is 5.96 Å². The number of hydrogen-bond acceptors (Lipinski definition) is 3. The van der Waals surface area contributed by atoms with Crippen molar-refractivity contribution in [1.29, 1.82) is 0 Å². The van der Waals surface area contributed by atoms with Crippen LogP contribution in [-0.4, -0.2) is 40.5 Å². The highest BCUT2D eigenvalue weighted by molar-refractivity contribution is 6.29. The van der Waals surface area contributed by atoms with E-state index < -0.39 is 0 Å². The molecule has 142 valence electrons. The van der Waals surface area contributed by atoms with Crippen LogP contribution in [0.15, 0.2) is 47.6 Å². The van der Waals surface area contributed by atoms with E-state index >= 15 is 0 Å². The average Bonchev–Trinajstić information content (AvgIpc) is 3.09. The molecule has 0 aliphatic carbocycles. The fraction of sp³-hybridized carbons (Fsp3) is 0.350. The van der Waals surface area contributed by atoms with Crippen LogP contribution in [0.2, 0.25) is 5.15 Å². The van der Waals surface area contributed by atoms with Crippen LogP contribution < -0.4 is 10.6 Å². The molecule has 0 spiro atoms. The minimum Gasteiger partial charge on any atom is -0.357 e. The van der Waals surface area contributed by atoms with Crippen LogP contribution in [0.5, 0.6) is 0 Å². The van der Waals surface area contributed by atoms with Gasteiger partial charge in [0.05, 0.1) is 11.0 Å². The Bertz CT molecular complexity index is 839. The van der Waals surface area contributed by atoms with Crippen molar-refractivity contribution in [3.63, 3.8) is 0 Å². The Morgan fingerprint density at radius 1 is 1.15 bits per heavy atom. The van der Waals surface area contributed by atoms with Gasteiger partial charge in [-0.1, -0.05) is 29.8 Å². The third-order valence-electron chi connectivity index (χ3n) is 4.12. The normalized spacial score (nSPS) is 11.7. The van der Waals surface area contributed by atoms with Crippen molar-refractivity contribution >= 4 is 28.6 Å². The first-order valence-electron chi connectivity index (χ1n) is 9.31. The van der Waals surface area contributed by atoms with Crippen molar-refractivity contribution in [1.82, 2.24) is 25.6 Å². The van der Waals surface area contributed by atoms with Crippen molar-refractivity contribution in [2.45, 2.75) is 26.2 Å². The number of aromatic amines is 1. The summed E-state index contributed by atoms with van der Waals surface area (Å²) >= 11 is 5.81. The Labute approximate surface area is 164 Å². The number of aryl methyl sites for hydroxylation is 1. The Hall–Kier alpha value is -2.60. The lowest BCUT2D eigenvalue weighted by Gasteiger charge is -2.11. The highest BCUT2D eigenvalue weighted by atomic mass is 35.5. The van der Waals surface area contributed by atoms with Crippen LogP contribution in [0.4, 0.5) is 0 Å². The number of pyridine rings is 1. The van der Waals surface area contributed by atoms with E-state index in [-0.39, 0.29) is 0 Å². The van der Waals surface area contributed by atoms with Gasteiger partial charge in [0, 0.05) is 32.3 Å². The summed E-state index contributed by atoms with van der Waals surface area (Å²) in [6.07, 6.45) is 4.50. The van der Waals surface area contributed by atoms with Gasteiger partial charge in [-0.3, -0.25) is 4.99 Å². The van der Waals surface area contributed by atoms with E-state index in [4.69, 9.17) is 11.6 Å². The molecule has 0 saturated carbocycles. The number of halogens is 1. The maximum Gasteiger partial charge on any atom is 0.191 e. The van der Waals surface area contributed by atoms with Gasteiger partial charge in [0.2, 0.25) is 0 Å². The number of hydrogen-bond donors (Lipinski definition) is 3. The van der Waals surface area contributed by atoms with Crippen molar-refractivity contribution in [3.8, 4) is 0 Å². The molecule has 0 aliphatic rings. The van der Waals surface area contributed by atoms with Gasteiger partial charge in [-0.05, 0) is 43.5 Å². The largest absolute Gasteiger partial charge is 0.357 e. The molecule has 3 rings (SSSR count). The number of aromatic nitrogens is 3. The van der Waals surface area contributed by atoms with E-state index in [2.05, 4.69) is 37.5 Å². The summed E-state index contributed by atoms with van der Waals surface area (Å²) in [7, 11) is 0. The molecular formula is C20H25ClN6. The summed E-state index contributed by atoms with van der Waals surface area (Å²) in [5, 5.41) is 7.16. The van der Waals surface area contributed by atoms with Crippen LogP contribution in [0.25, 0.3) is 11.0 Å². The lowest BCUT2D eigenvalue weighted by atomic mass is 10.2. The van der Waals surface area contributed by atoms with Crippen molar-refractivity contribution in [2.24, 2.45) is 4.99 Å².